The number of benzene rings is 1. The van der Waals surface area contributed by atoms with Crippen LogP contribution in [0.4, 0.5) is 0 Å². The molecule has 2 N–H and O–H groups in total. The SMILES string of the molecule is NC1(c2nc3ccccc3n2C2CCN(CC3CCCCCCC3)CC2)CCCC1. The van der Waals surface area contributed by atoms with Crippen molar-refractivity contribution in [3.63, 3.8) is 0 Å². The first-order valence-corrected chi connectivity index (χ1v) is 12.7. The normalized spacial score (nSPS) is 24.8. The van der Waals surface area contributed by atoms with Crippen LogP contribution in [-0.4, -0.2) is 34.1 Å². The van der Waals surface area contributed by atoms with Gasteiger partial charge in [0.2, 0.25) is 0 Å². The fourth-order valence-electron chi connectivity index (χ4n) is 6.44. The Balaban J connectivity index is 1.31. The van der Waals surface area contributed by atoms with Gasteiger partial charge in [0, 0.05) is 25.7 Å². The van der Waals surface area contributed by atoms with E-state index in [-0.39, 0.29) is 5.54 Å². The molecular weight excluding hydrogens is 368 g/mol. The molecule has 0 bridgehead atoms. The van der Waals surface area contributed by atoms with Crippen LogP contribution >= 0.6 is 0 Å². The Bertz CT molecular complexity index is 819. The predicted molar refractivity (Wildman–Crippen MR) is 125 cm³/mol. The first-order chi connectivity index (χ1) is 14.7. The van der Waals surface area contributed by atoms with E-state index in [0.29, 0.717) is 6.04 Å². The van der Waals surface area contributed by atoms with Gasteiger partial charge in [0.15, 0.2) is 0 Å². The summed E-state index contributed by atoms with van der Waals surface area (Å²) in [7, 11) is 0. The summed E-state index contributed by atoms with van der Waals surface area (Å²) in [4.78, 5) is 7.86. The van der Waals surface area contributed by atoms with Crippen LogP contribution in [0.2, 0.25) is 0 Å². The van der Waals surface area contributed by atoms with Crippen LogP contribution in [0.15, 0.2) is 24.3 Å². The molecule has 0 radical (unpaired) electrons. The number of fused-ring (bicyclic) bond motifs is 1. The molecular formula is C26H40N4. The first-order valence-electron chi connectivity index (χ1n) is 12.7. The smallest absolute Gasteiger partial charge is 0.130 e. The van der Waals surface area contributed by atoms with Gasteiger partial charge in [-0.05, 0) is 56.6 Å². The van der Waals surface area contributed by atoms with E-state index < -0.39 is 0 Å². The predicted octanol–water partition coefficient (Wildman–Crippen LogP) is 5.76. The minimum Gasteiger partial charge on any atom is -0.323 e. The van der Waals surface area contributed by atoms with Crippen molar-refractivity contribution in [1.82, 2.24) is 14.5 Å². The quantitative estimate of drug-likeness (QED) is 0.699. The van der Waals surface area contributed by atoms with Gasteiger partial charge in [-0.1, -0.05) is 57.1 Å². The summed E-state index contributed by atoms with van der Waals surface area (Å²) in [5.74, 6) is 2.09. The van der Waals surface area contributed by atoms with Crippen LogP contribution in [0.25, 0.3) is 11.0 Å². The highest BCUT2D eigenvalue weighted by molar-refractivity contribution is 5.76. The lowest BCUT2D eigenvalue weighted by Crippen LogP contribution is -2.41. The van der Waals surface area contributed by atoms with E-state index in [1.165, 1.54) is 102 Å². The van der Waals surface area contributed by atoms with Gasteiger partial charge in [-0.15, -0.1) is 0 Å². The molecule has 164 valence electrons. The number of nitrogens with two attached hydrogens (primary N) is 1. The van der Waals surface area contributed by atoms with Crippen molar-refractivity contribution in [3.8, 4) is 0 Å². The molecule has 1 aromatic heterocycles. The Morgan fingerprint density at radius 2 is 1.53 bits per heavy atom. The lowest BCUT2D eigenvalue weighted by molar-refractivity contribution is 0.150. The van der Waals surface area contributed by atoms with Crippen molar-refractivity contribution in [2.24, 2.45) is 11.7 Å². The van der Waals surface area contributed by atoms with E-state index in [4.69, 9.17) is 10.7 Å². The number of hydrogen-bond donors (Lipinski definition) is 1. The number of rotatable bonds is 4. The number of nitrogens with zero attached hydrogens (tertiary/aromatic N) is 3. The highest BCUT2D eigenvalue weighted by atomic mass is 15.2. The Labute approximate surface area is 182 Å². The van der Waals surface area contributed by atoms with Crippen LogP contribution in [0.5, 0.6) is 0 Å². The summed E-state index contributed by atoms with van der Waals surface area (Å²) in [6, 6.07) is 9.23. The molecule has 0 spiro atoms. The van der Waals surface area contributed by atoms with Crippen molar-refractivity contribution in [2.75, 3.05) is 19.6 Å². The fourth-order valence-corrected chi connectivity index (χ4v) is 6.44. The number of hydrogen-bond acceptors (Lipinski definition) is 3. The zero-order valence-electron chi connectivity index (χ0n) is 18.7. The maximum Gasteiger partial charge on any atom is 0.130 e. The Hall–Kier alpha value is -1.39. The Morgan fingerprint density at radius 1 is 0.867 bits per heavy atom. The van der Waals surface area contributed by atoms with Crippen molar-refractivity contribution in [3.05, 3.63) is 30.1 Å². The second kappa shape index (κ2) is 9.00. The summed E-state index contributed by atoms with van der Waals surface area (Å²) in [5, 5.41) is 0. The van der Waals surface area contributed by atoms with Gasteiger partial charge in [0.1, 0.15) is 5.82 Å². The molecule has 30 heavy (non-hydrogen) atoms. The fraction of sp³-hybridized carbons (Fsp3) is 0.731. The number of aromatic nitrogens is 2. The minimum absolute atomic E-state index is 0.227. The minimum atomic E-state index is -0.227. The van der Waals surface area contributed by atoms with Crippen LogP contribution < -0.4 is 5.73 Å². The van der Waals surface area contributed by atoms with Crippen LogP contribution in [-0.2, 0) is 5.54 Å². The monoisotopic (exact) mass is 408 g/mol. The molecule has 0 unspecified atom stereocenters. The van der Waals surface area contributed by atoms with Crippen molar-refractivity contribution in [2.45, 2.75) is 95.1 Å². The van der Waals surface area contributed by atoms with Gasteiger partial charge >= 0.3 is 0 Å². The Morgan fingerprint density at radius 3 is 2.27 bits per heavy atom. The van der Waals surface area contributed by atoms with Gasteiger partial charge in [-0.3, -0.25) is 0 Å². The third-order valence-electron chi connectivity index (χ3n) is 8.20. The van der Waals surface area contributed by atoms with E-state index in [2.05, 4.69) is 33.7 Å². The Kier molecular flexibility index (Phi) is 6.15. The molecule has 3 fully saturated rings. The van der Waals surface area contributed by atoms with Gasteiger partial charge in [-0.2, -0.15) is 0 Å². The van der Waals surface area contributed by atoms with Gasteiger partial charge in [0.25, 0.3) is 0 Å². The van der Waals surface area contributed by atoms with Gasteiger partial charge < -0.3 is 15.2 Å². The third-order valence-corrected chi connectivity index (χ3v) is 8.20. The lowest BCUT2D eigenvalue weighted by Gasteiger charge is -2.37. The van der Waals surface area contributed by atoms with Gasteiger partial charge in [-0.25, -0.2) is 4.98 Å². The van der Waals surface area contributed by atoms with Crippen molar-refractivity contribution < 1.29 is 0 Å². The zero-order chi connectivity index (χ0) is 20.4. The van der Waals surface area contributed by atoms with Gasteiger partial charge in [0.05, 0.1) is 16.6 Å². The molecule has 3 aliphatic rings. The molecule has 2 aromatic rings. The van der Waals surface area contributed by atoms with Crippen LogP contribution in [0.3, 0.4) is 0 Å². The molecule has 1 aliphatic heterocycles. The molecule has 2 aliphatic carbocycles. The second-order valence-electron chi connectivity index (χ2n) is 10.4. The summed E-state index contributed by atoms with van der Waals surface area (Å²) in [6.07, 6.45) is 17.3. The largest absolute Gasteiger partial charge is 0.323 e. The molecule has 1 saturated heterocycles. The van der Waals surface area contributed by atoms with Crippen molar-refractivity contribution in [1.29, 1.82) is 0 Å². The first kappa shape index (κ1) is 20.5. The average Bonchev–Trinajstić information content (AvgIpc) is 3.35. The topological polar surface area (TPSA) is 47.1 Å². The highest BCUT2D eigenvalue weighted by Crippen LogP contribution is 2.40. The standard InChI is InChI=1S/C26H40N4/c27-26(16-8-9-17-26)25-28-23-12-6-7-13-24(23)30(25)22-14-18-29(19-15-22)20-21-10-4-2-1-3-5-11-21/h6-7,12-13,21-22H,1-5,8-11,14-20,27H2. The molecule has 2 saturated carbocycles. The molecule has 4 heteroatoms. The maximum absolute atomic E-state index is 6.94. The van der Waals surface area contributed by atoms with E-state index in [1.807, 2.05) is 0 Å². The third kappa shape index (κ3) is 4.18. The van der Waals surface area contributed by atoms with E-state index in [9.17, 15) is 0 Å². The molecule has 0 atom stereocenters. The number of piperidine rings is 1. The number of imidazole rings is 1. The van der Waals surface area contributed by atoms with E-state index >= 15 is 0 Å². The second-order valence-corrected chi connectivity index (χ2v) is 10.4. The van der Waals surface area contributed by atoms with Crippen LogP contribution in [0, 0.1) is 5.92 Å². The summed E-state index contributed by atoms with van der Waals surface area (Å²) >= 11 is 0. The maximum atomic E-state index is 6.94. The van der Waals surface area contributed by atoms with Crippen LogP contribution in [0.1, 0.15) is 95.3 Å². The number of para-hydroxylation sites is 2. The van der Waals surface area contributed by atoms with E-state index in [0.717, 1.165) is 24.3 Å². The molecule has 0 amide bonds. The molecule has 4 nitrogen and oxygen atoms in total. The van der Waals surface area contributed by atoms with E-state index in [1.54, 1.807) is 0 Å². The lowest BCUT2D eigenvalue weighted by atomic mass is 9.90. The molecule has 2 heterocycles. The zero-order valence-corrected chi connectivity index (χ0v) is 18.7. The molecule has 1 aromatic carbocycles. The average molecular weight is 409 g/mol. The molecule has 5 rings (SSSR count). The highest BCUT2D eigenvalue weighted by Gasteiger charge is 2.38. The summed E-state index contributed by atoms with van der Waals surface area (Å²) in [6.45, 7) is 3.78. The summed E-state index contributed by atoms with van der Waals surface area (Å²) < 4.78 is 2.56. The van der Waals surface area contributed by atoms with Crippen molar-refractivity contribution >= 4 is 11.0 Å². The number of likely N-dealkylation sites (tertiary alicyclic amines) is 1. The summed E-state index contributed by atoms with van der Waals surface area (Å²) in [5.41, 5.74) is 9.13.